The summed E-state index contributed by atoms with van der Waals surface area (Å²) in [5, 5.41) is 16.0. The first-order valence-electron chi connectivity index (χ1n) is 9.00. The summed E-state index contributed by atoms with van der Waals surface area (Å²) in [5.41, 5.74) is 3.79. The van der Waals surface area contributed by atoms with Gasteiger partial charge in [-0.1, -0.05) is 30.3 Å². The average molecular weight is 391 g/mol. The van der Waals surface area contributed by atoms with Gasteiger partial charge in [0.25, 0.3) is 0 Å². The van der Waals surface area contributed by atoms with Crippen LogP contribution in [-0.4, -0.2) is 25.2 Å². The van der Waals surface area contributed by atoms with E-state index in [1.54, 1.807) is 6.07 Å². The van der Waals surface area contributed by atoms with Gasteiger partial charge in [-0.15, -0.1) is 10.2 Å². The highest BCUT2D eigenvalue weighted by molar-refractivity contribution is 6.14. The normalized spacial score (nSPS) is 13.2. The third kappa shape index (κ3) is 2.19. The molecule has 5 nitrogen and oxygen atoms in total. The predicted octanol–water partition coefficient (Wildman–Crippen LogP) is 5.02. The highest BCUT2D eigenvalue weighted by Gasteiger charge is 2.36. The van der Waals surface area contributed by atoms with Crippen LogP contribution in [0.1, 0.15) is 11.1 Å². The van der Waals surface area contributed by atoms with E-state index in [0.29, 0.717) is 17.0 Å². The number of nitrogens with zero attached hydrogens (tertiary/aromatic N) is 4. The summed E-state index contributed by atoms with van der Waals surface area (Å²) in [7, 11) is 0. The Morgan fingerprint density at radius 3 is 2.55 bits per heavy atom. The van der Waals surface area contributed by atoms with Crippen molar-refractivity contribution in [2.24, 2.45) is 0 Å². The molecule has 6 rings (SSSR count). The number of para-hydroxylation sites is 1. The number of nitrogens with one attached hydrogen (secondary N) is 1. The van der Waals surface area contributed by atoms with Gasteiger partial charge in [0.2, 0.25) is 5.82 Å². The molecule has 2 aromatic heterocycles. The van der Waals surface area contributed by atoms with Crippen molar-refractivity contribution in [1.82, 2.24) is 25.2 Å². The van der Waals surface area contributed by atoms with E-state index in [9.17, 15) is 13.2 Å². The Morgan fingerprint density at radius 1 is 0.931 bits per heavy atom. The summed E-state index contributed by atoms with van der Waals surface area (Å²) >= 11 is 0. The molecule has 0 aliphatic carbocycles. The van der Waals surface area contributed by atoms with Crippen LogP contribution in [0, 0.1) is 0 Å². The fourth-order valence-corrected chi connectivity index (χ4v) is 4.40. The molecule has 5 aromatic rings. The number of aromatic amines is 1. The zero-order chi connectivity index (χ0) is 19.8. The van der Waals surface area contributed by atoms with Gasteiger partial charge in [0.1, 0.15) is 0 Å². The van der Waals surface area contributed by atoms with E-state index in [0.717, 1.165) is 39.0 Å². The molecule has 0 saturated carbocycles. The van der Waals surface area contributed by atoms with Crippen LogP contribution in [0.2, 0.25) is 0 Å². The molecule has 3 heterocycles. The topological polar surface area (TPSA) is 59.4 Å². The first-order valence-corrected chi connectivity index (χ1v) is 9.00. The second-order valence-electron chi connectivity index (χ2n) is 7.08. The standard InChI is InChI=1S/C21H12F3N5/c22-21(23,24)17-6-2-3-12-13-4-1-5-14-15-9-11(20-25-27-28-26-20)7-8-18(15)29(19(13)14)10-16(12)17/h1-9H,10H2,(H,25,26,27,28). The molecule has 0 spiro atoms. The lowest BCUT2D eigenvalue weighted by Gasteiger charge is -2.24. The Balaban J connectivity index is 1.69. The minimum absolute atomic E-state index is 0.170. The molecular weight excluding hydrogens is 379 g/mol. The van der Waals surface area contributed by atoms with Gasteiger partial charge in [-0.3, -0.25) is 0 Å². The molecule has 1 aliphatic rings. The molecule has 0 unspecified atom stereocenters. The quantitative estimate of drug-likeness (QED) is 0.428. The lowest BCUT2D eigenvalue weighted by atomic mass is 9.91. The number of halogens is 3. The van der Waals surface area contributed by atoms with Crippen LogP contribution in [0.3, 0.4) is 0 Å². The Kier molecular flexibility index (Phi) is 3.05. The molecule has 3 aromatic carbocycles. The second-order valence-corrected chi connectivity index (χ2v) is 7.08. The van der Waals surface area contributed by atoms with Crippen molar-refractivity contribution in [3.8, 4) is 22.5 Å². The third-order valence-corrected chi connectivity index (χ3v) is 5.57. The van der Waals surface area contributed by atoms with Gasteiger partial charge in [0.15, 0.2) is 0 Å². The van der Waals surface area contributed by atoms with Crippen LogP contribution in [0.15, 0.2) is 54.6 Å². The Labute approximate surface area is 161 Å². The third-order valence-electron chi connectivity index (χ3n) is 5.57. The van der Waals surface area contributed by atoms with Gasteiger partial charge < -0.3 is 4.57 Å². The molecule has 1 aliphatic heterocycles. The van der Waals surface area contributed by atoms with Crippen LogP contribution in [0.25, 0.3) is 44.3 Å². The number of hydrogen-bond acceptors (Lipinski definition) is 3. The van der Waals surface area contributed by atoms with E-state index in [1.807, 2.05) is 41.0 Å². The second kappa shape index (κ2) is 5.44. The Hall–Kier alpha value is -3.68. The molecule has 142 valence electrons. The van der Waals surface area contributed by atoms with E-state index in [1.165, 1.54) is 6.07 Å². The smallest absolute Gasteiger partial charge is 0.335 e. The molecule has 1 N–H and O–H groups in total. The van der Waals surface area contributed by atoms with Crippen molar-refractivity contribution in [3.63, 3.8) is 0 Å². The van der Waals surface area contributed by atoms with Crippen molar-refractivity contribution in [2.75, 3.05) is 0 Å². The minimum atomic E-state index is -4.40. The van der Waals surface area contributed by atoms with Gasteiger partial charge in [-0.2, -0.15) is 18.4 Å². The zero-order valence-corrected chi connectivity index (χ0v) is 14.8. The summed E-state index contributed by atoms with van der Waals surface area (Å²) in [5.74, 6) is 0.474. The summed E-state index contributed by atoms with van der Waals surface area (Å²) in [6.07, 6.45) is -4.40. The number of aromatic nitrogens is 5. The SMILES string of the molecule is FC(F)(F)c1cccc2c1Cn1c3ccc(-c4nn[nH]n4)cc3c3cccc-2c31. The van der Waals surface area contributed by atoms with E-state index >= 15 is 0 Å². The predicted molar refractivity (Wildman–Crippen MR) is 102 cm³/mol. The monoisotopic (exact) mass is 391 g/mol. The maximum Gasteiger partial charge on any atom is 0.416 e. The molecule has 0 atom stereocenters. The largest absolute Gasteiger partial charge is 0.416 e. The average Bonchev–Trinajstić information content (AvgIpc) is 3.35. The van der Waals surface area contributed by atoms with Crippen LogP contribution >= 0.6 is 0 Å². The van der Waals surface area contributed by atoms with Crippen molar-refractivity contribution >= 4 is 21.8 Å². The Bertz CT molecular complexity index is 1410. The lowest BCUT2D eigenvalue weighted by molar-refractivity contribution is -0.138. The van der Waals surface area contributed by atoms with E-state index < -0.39 is 11.7 Å². The molecule has 0 amide bonds. The van der Waals surface area contributed by atoms with Gasteiger partial charge in [0, 0.05) is 34.0 Å². The van der Waals surface area contributed by atoms with Crippen LogP contribution in [-0.2, 0) is 12.7 Å². The fraction of sp³-hybridized carbons (Fsp3) is 0.0952. The van der Waals surface area contributed by atoms with Gasteiger partial charge in [0.05, 0.1) is 11.1 Å². The van der Waals surface area contributed by atoms with Crippen LogP contribution in [0.4, 0.5) is 13.2 Å². The summed E-state index contributed by atoms with van der Waals surface area (Å²) in [4.78, 5) is 0. The molecule has 0 saturated heterocycles. The number of alkyl halides is 3. The molecular formula is C21H12F3N5. The number of hydrogen-bond donors (Lipinski definition) is 1. The first kappa shape index (κ1) is 16.3. The fourth-order valence-electron chi connectivity index (χ4n) is 4.40. The van der Waals surface area contributed by atoms with Crippen molar-refractivity contribution < 1.29 is 13.2 Å². The maximum absolute atomic E-state index is 13.7. The summed E-state index contributed by atoms with van der Waals surface area (Å²) in [6, 6.07) is 15.9. The van der Waals surface area contributed by atoms with E-state index in [4.69, 9.17) is 0 Å². The molecule has 8 heteroatoms. The van der Waals surface area contributed by atoms with Gasteiger partial charge in [-0.25, -0.2) is 0 Å². The van der Waals surface area contributed by atoms with Crippen LogP contribution < -0.4 is 0 Å². The number of H-pyrrole nitrogens is 1. The molecule has 29 heavy (non-hydrogen) atoms. The zero-order valence-electron chi connectivity index (χ0n) is 14.8. The molecule has 0 bridgehead atoms. The van der Waals surface area contributed by atoms with E-state index in [-0.39, 0.29) is 6.54 Å². The number of fused-ring (bicyclic) bond motifs is 5. The summed E-state index contributed by atoms with van der Waals surface area (Å²) in [6.45, 7) is 0.170. The molecule has 0 radical (unpaired) electrons. The minimum Gasteiger partial charge on any atom is -0.335 e. The van der Waals surface area contributed by atoms with Gasteiger partial charge in [-0.05, 0) is 40.6 Å². The molecule has 0 fully saturated rings. The first-order chi connectivity index (χ1) is 14.0. The maximum atomic E-state index is 13.7. The number of benzene rings is 3. The number of tetrazole rings is 1. The van der Waals surface area contributed by atoms with Crippen LogP contribution in [0.5, 0.6) is 0 Å². The van der Waals surface area contributed by atoms with Crippen molar-refractivity contribution in [2.45, 2.75) is 12.7 Å². The highest BCUT2D eigenvalue weighted by atomic mass is 19.4. The van der Waals surface area contributed by atoms with E-state index in [2.05, 4.69) is 20.6 Å². The van der Waals surface area contributed by atoms with Crippen molar-refractivity contribution in [3.05, 3.63) is 65.7 Å². The number of rotatable bonds is 1. The lowest BCUT2D eigenvalue weighted by Crippen LogP contribution is -2.15. The van der Waals surface area contributed by atoms with Crippen molar-refractivity contribution in [1.29, 1.82) is 0 Å². The van der Waals surface area contributed by atoms with Gasteiger partial charge >= 0.3 is 6.18 Å². The summed E-state index contributed by atoms with van der Waals surface area (Å²) < 4.78 is 43.0. The Morgan fingerprint density at radius 2 is 1.76 bits per heavy atom. The highest BCUT2D eigenvalue weighted by Crippen LogP contribution is 2.45.